The van der Waals surface area contributed by atoms with Crippen LogP contribution < -0.4 is 0 Å². The van der Waals surface area contributed by atoms with Gasteiger partial charge in [0.1, 0.15) is 11.5 Å². The van der Waals surface area contributed by atoms with Gasteiger partial charge < -0.3 is 10.2 Å². The number of hydrogen-bond acceptors (Lipinski definition) is 4. The number of rotatable bonds is 4. The minimum absolute atomic E-state index is 0.121. The van der Waals surface area contributed by atoms with Crippen molar-refractivity contribution in [3.05, 3.63) is 71.3 Å². The molecule has 0 bridgehead atoms. The highest BCUT2D eigenvalue weighted by molar-refractivity contribution is 6.16. The van der Waals surface area contributed by atoms with E-state index >= 15 is 0 Å². The Hall–Kier alpha value is -3.14. The molecule has 1 aliphatic rings. The maximum atomic E-state index is 12.7. The summed E-state index contributed by atoms with van der Waals surface area (Å²) in [4.78, 5) is 25.2. The molecule has 0 spiro atoms. The van der Waals surface area contributed by atoms with Crippen LogP contribution in [0.5, 0.6) is 11.5 Å². The maximum Gasteiger partial charge on any atom is 0.169 e. The number of Topliss-reactive ketones (excluding diaryl/α,β-unsaturated/α-hetero) is 1. The second-order valence-electron chi connectivity index (χ2n) is 6.40. The van der Waals surface area contributed by atoms with Gasteiger partial charge in [-0.15, -0.1) is 0 Å². The van der Waals surface area contributed by atoms with Crippen molar-refractivity contribution in [2.24, 2.45) is 5.92 Å². The summed E-state index contributed by atoms with van der Waals surface area (Å²) < 4.78 is 0. The molecule has 0 radical (unpaired) electrons. The maximum absolute atomic E-state index is 12.7. The predicted octanol–water partition coefficient (Wildman–Crippen LogP) is 4.13. The number of hydrogen-bond donors (Lipinski definition) is 2. The van der Waals surface area contributed by atoms with E-state index in [0.29, 0.717) is 18.4 Å². The van der Waals surface area contributed by atoms with Crippen LogP contribution in [0.3, 0.4) is 0 Å². The van der Waals surface area contributed by atoms with E-state index in [9.17, 15) is 19.8 Å². The van der Waals surface area contributed by atoms with Gasteiger partial charge in [0.2, 0.25) is 0 Å². The molecule has 0 heterocycles. The highest BCUT2D eigenvalue weighted by atomic mass is 16.3. The van der Waals surface area contributed by atoms with E-state index in [2.05, 4.69) is 0 Å². The molecule has 2 aromatic carbocycles. The third-order valence-corrected chi connectivity index (χ3v) is 4.48. The number of aromatic hydroxyl groups is 2. The Morgan fingerprint density at radius 2 is 1.50 bits per heavy atom. The first-order valence-electron chi connectivity index (χ1n) is 8.58. The molecular weight excluding hydrogens is 328 g/mol. The number of phenols is 2. The van der Waals surface area contributed by atoms with Crippen LogP contribution in [0.15, 0.2) is 60.2 Å². The van der Waals surface area contributed by atoms with Gasteiger partial charge in [-0.2, -0.15) is 0 Å². The second kappa shape index (κ2) is 7.83. The quantitative estimate of drug-likeness (QED) is 0.643. The van der Waals surface area contributed by atoms with Crippen LogP contribution in [0.25, 0.3) is 12.2 Å². The molecule has 1 unspecified atom stereocenters. The molecule has 2 N–H and O–H groups in total. The predicted molar refractivity (Wildman–Crippen MR) is 101 cm³/mol. The van der Waals surface area contributed by atoms with Gasteiger partial charge in [0.25, 0.3) is 0 Å². The van der Waals surface area contributed by atoms with Crippen LogP contribution in [0.4, 0.5) is 0 Å². The van der Waals surface area contributed by atoms with Crippen molar-refractivity contribution in [3.63, 3.8) is 0 Å². The van der Waals surface area contributed by atoms with Crippen LogP contribution >= 0.6 is 0 Å². The summed E-state index contributed by atoms with van der Waals surface area (Å²) in [6, 6.07) is 13.1. The fourth-order valence-corrected chi connectivity index (χ4v) is 3.04. The lowest BCUT2D eigenvalue weighted by Crippen LogP contribution is -2.27. The van der Waals surface area contributed by atoms with E-state index in [-0.39, 0.29) is 23.1 Å². The zero-order chi connectivity index (χ0) is 18.5. The Kier molecular flexibility index (Phi) is 5.32. The summed E-state index contributed by atoms with van der Waals surface area (Å²) in [6.07, 6.45) is 6.91. The first-order valence-corrected chi connectivity index (χ1v) is 8.58. The number of ketones is 2. The van der Waals surface area contributed by atoms with E-state index in [0.717, 1.165) is 17.5 Å². The average Bonchev–Trinajstić information content (AvgIpc) is 2.64. The van der Waals surface area contributed by atoms with Gasteiger partial charge in [-0.25, -0.2) is 0 Å². The normalized spacial score (nSPS) is 19.2. The molecule has 1 aliphatic carbocycles. The molecule has 4 nitrogen and oxygen atoms in total. The van der Waals surface area contributed by atoms with Crippen LogP contribution in [0.1, 0.15) is 30.4 Å². The van der Waals surface area contributed by atoms with Gasteiger partial charge in [-0.05, 0) is 72.4 Å². The zero-order valence-electron chi connectivity index (χ0n) is 14.3. The van der Waals surface area contributed by atoms with Crippen LogP contribution in [0.2, 0.25) is 0 Å². The minimum atomic E-state index is -0.638. The SMILES string of the molecule is O=C(/C=C/c1ccc(O)cc1)C1CCC/C(=C\c2ccc(O)cc2)C1=O. The molecular formula is C22H20O4. The second-order valence-corrected chi connectivity index (χ2v) is 6.40. The monoisotopic (exact) mass is 348 g/mol. The largest absolute Gasteiger partial charge is 0.508 e. The van der Waals surface area contributed by atoms with Crippen LogP contribution in [-0.2, 0) is 9.59 Å². The van der Waals surface area contributed by atoms with Crippen molar-refractivity contribution in [2.45, 2.75) is 19.3 Å². The minimum Gasteiger partial charge on any atom is -0.508 e. The van der Waals surface area contributed by atoms with Crippen molar-refractivity contribution >= 4 is 23.7 Å². The molecule has 2 aromatic rings. The molecule has 26 heavy (non-hydrogen) atoms. The Morgan fingerprint density at radius 3 is 2.12 bits per heavy atom. The van der Waals surface area contributed by atoms with E-state index in [4.69, 9.17) is 0 Å². The van der Waals surface area contributed by atoms with E-state index in [1.807, 2.05) is 0 Å². The highest BCUT2D eigenvalue weighted by Crippen LogP contribution is 2.28. The number of carbonyl (C=O) groups is 2. The fraction of sp³-hybridized carbons (Fsp3) is 0.182. The van der Waals surface area contributed by atoms with E-state index < -0.39 is 5.92 Å². The number of allylic oxidation sites excluding steroid dienone is 2. The molecule has 0 aliphatic heterocycles. The van der Waals surface area contributed by atoms with Crippen molar-refractivity contribution in [2.75, 3.05) is 0 Å². The molecule has 1 atom stereocenters. The van der Waals surface area contributed by atoms with E-state index in [1.54, 1.807) is 60.7 Å². The molecule has 0 amide bonds. The highest BCUT2D eigenvalue weighted by Gasteiger charge is 2.30. The van der Waals surface area contributed by atoms with E-state index in [1.165, 1.54) is 6.08 Å². The van der Waals surface area contributed by atoms with Gasteiger partial charge in [0, 0.05) is 0 Å². The third kappa shape index (κ3) is 4.28. The summed E-state index contributed by atoms with van der Waals surface area (Å²) in [5, 5.41) is 18.6. The molecule has 1 fully saturated rings. The van der Waals surface area contributed by atoms with Crippen LogP contribution in [0, 0.1) is 5.92 Å². The zero-order valence-corrected chi connectivity index (χ0v) is 14.3. The standard InChI is InChI=1S/C22H20O4/c23-18-9-4-15(5-10-18)8-13-21(25)20-3-1-2-17(22(20)26)14-16-6-11-19(24)12-7-16/h4-14,20,23-24H,1-3H2/b13-8+,17-14+. The lowest BCUT2D eigenvalue weighted by Gasteiger charge is -2.21. The molecule has 1 saturated carbocycles. The summed E-state index contributed by atoms with van der Waals surface area (Å²) >= 11 is 0. The number of phenolic OH excluding ortho intramolecular Hbond substituents is 2. The summed E-state index contributed by atoms with van der Waals surface area (Å²) in [5.74, 6) is -0.612. The summed E-state index contributed by atoms with van der Waals surface area (Å²) in [7, 11) is 0. The summed E-state index contributed by atoms with van der Waals surface area (Å²) in [6.45, 7) is 0. The van der Waals surface area contributed by atoms with Gasteiger partial charge in [0.05, 0.1) is 5.92 Å². The average molecular weight is 348 g/mol. The molecule has 4 heteroatoms. The van der Waals surface area contributed by atoms with Gasteiger partial charge >= 0.3 is 0 Å². The van der Waals surface area contributed by atoms with Gasteiger partial charge in [0.15, 0.2) is 11.6 Å². The number of benzene rings is 2. The fourth-order valence-electron chi connectivity index (χ4n) is 3.04. The van der Waals surface area contributed by atoms with Gasteiger partial charge in [-0.3, -0.25) is 9.59 Å². The molecule has 0 saturated heterocycles. The Balaban J connectivity index is 1.73. The Morgan fingerprint density at radius 1 is 0.923 bits per heavy atom. The first kappa shape index (κ1) is 17.7. The first-order chi connectivity index (χ1) is 12.5. The van der Waals surface area contributed by atoms with Crippen molar-refractivity contribution in [1.82, 2.24) is 0 Å². The Bertz CT molecular complexity index is 858. The molecule has 0 aromatic heterocycles. The third-order valence-electron chi connectivity index (χ3n) is 4.48. The molecule has 3 rings (SSSR count). The Labute approximate surface area is 152 Å². The summed E-state index contributed by atoms with van der Waals surface area (Å²) in [5.41, 5.74) is 2.27. The molecule has 132 valence electrons. The topological polar surface area (TPSA) is 74.6 Å². The lowest BCUT2D eigenvalue weighted by atomic mass is 9.81. The van der Waals surface area contributed by atoms with Crippen molar-refractivity contribution in [1.29, 1.82) is 0 Å². The lowest BCUT2D eigenvalue weighted by molar-refractivity contribution is -0.129. The van der Waals surface area contributed by atoms with Crippen molar-refractivity contribution < 1.29 is 19.8 Å². The smallest absolute Gasteiger partial charge is 0.169 e. The van der Waals surface area contributed by atoms with Crippen molar-refractivity contribution in [3.8, 4) is 11.5 Å². The number of carbonyl (C=O) groups excluding carboxylic acids is 2. The van der Waals surface area contributed by atoms with Gasteiger partial charge in [-0.1, -0.05) is 30.3 Å². The van der Waals surface area contributed by atoms with Crippen LogP contribution in [-0.4, -0.2) is 21.8 Å².